The van der Waals surface area contributed by atoms with E-state index in [1.54, 1.807) is 11.0 Å². The lowest BCUT2D eigenvalue weighted by Crippen LogP contribution is -2.44. The average molecular weight is 378 g/mol. The SMILES string of the molecule is COc1cc(OC)cc(C(=O)NCC(=O)OCC(=O)N2CCCC[C@@H]2C)c1. The summed E-state index contributed by atoms with van der Waals surface area (Å²) in [4.78, 5) is 37.9. The van der Waals surface area contributed by atoms with E-state index in [0.29, 0.717) is 18.0 Å². The first-order valence-electron chi connectivity index (χ1n) is 8.91. The maximum Gasteiger partial charge on any atom is 0.325 e. The smallest absolute Gasteiger partial charge is 0.325 e. The number of piperidine rings is 1. The molecule has 1 N–H and O–H groups in total. The molecule has 0 saturated carbocycles. The Morgan fingerprint density at radius 1 is 1.11 bits per heavy atom. The van der Waals surface area contributed by atoms with Crippen LogP contribution in [0.4, 0.5) is 0 Å². The lowest BCUT2D eigenvalue weighted by molar-refractivity contribution is -0.152. The molecule has 0 radical (unpaired) electrons. The maximum absolute atomic E-state index is 12.2. The van der Waals surface area contributed by atoms with Gasteiger partial charge in [-0.25, -0.2) is 0 Å². The largest absolute Gasteiger partial charge is 0.497 e. The Morgan fingerprint density at radius 3 is 2.37 bits per heavy atom. The molecule has 8 nitrogen and oxygen atoms in total. The fraction of sp³-hybridized carbons (Fsp3) is 0.526. The van der Waals surface area contributed by atoms with Crippen LogP contribution in [0.25, 0.3) is 0 Å². The first kappa shape index (κ1) is 20.5. The van der Waals surface area contributed by atoms with E-state index < -0.39 is 11.9 Å². The Morgan fingerprint density at radius 2 is 1.78 bits per heavy atom. The number of benzene rings is 1. The molecule has 148 valence electrons. The third-order valence-electron chi connectivity index (χ3n) is 4.49. The lowest BCUT2D eigenvalue weighted by atomic mass is 10.0. The Bertz CT molecular complexity index is 669. The highest BCUT2D eigenvalue weighted by atomic mass is 16.5. The molecule has 0 aliphatic carbocycles. The van der Waals surface area contributed by atoms with Gasteiger partial charge in [0.05, 0.1) is 14.2 Å². The summed E-state index contributed by atoms with van der Waals surface area (Å²) in [6, 6.07) is 4.86. The molecule has 1 saturated heterocycles. The van der Waals surface area contributed by atoms with E-state index in [0.717, 1.165) is 19.3 Å². The minimum absolute atomic E-state index is 0.160. The zero-order chi connectivity index (χ0) is 19.8. The van der Waals surface area contributed by atoms with Gasteiger partial charge in [-0.1, -0.05) is 0 Å². The lowest BCUT2D eigenvalue weighted by Gasteiger charge is -2.33. The van der Waals surface area contributed by atoms with Gasteiger partial charge in [-0.2, -0.15) is 0 Å². The van der Waals surface area contributed by atoms with Crippen molar-refractivity contribution >= 4 is 17.8 Å². The molecule has 2 amide bonds. The van der Waals surface area contributed by atoms with Gasteiger partial charge in [0, 0.05) is 24.2 Å². The quantitative estimate of drug-likeness (QED) is 0.721. The normalized spacial score (nSPS) is 16.4. The van der Waals surface area contributed by atoms with E-state index in [1.165, 1.54) is 26.4 Å². The Labute approximate surface area is 158 Å². The second-order valence-corrected chi connectivity index (χ2v) is 6.38. The van der Waals surface area contributed by atoms with E-state index in [9.17, 15) is 14.4 Å². The van der Waals surface area contributed by atoms with Gasteiger partial charge in [0.15, 0.2) is 6.61 Å². The highest BCUT2D eigenvalue weighted by Crippen LogP contribution is 2.22. The Balaban J connectivity index is 1.81. The van der Waals surface area contributed by atoms with E-state index in [2.05, 4.69) is 5.32 Å². The minimum Gasteiger partial charge on any atom is -0.497 e. The Hall–Kier alpha value is -2.77. The molecule has 0 aromatic heterocycles. The summed E-state index contributed by atoms with van der Waals surface area (Å²) in [5, 5.41) is 2.46. The van der Waals surface area contributed by atoms with E-state index >= 15 is 0 Å². The van der Waals surface area contributed by atoms with Crippen molar-refractivity contribution in [3.8, 4) is 11.5 Å². The summed E-state index contributed by atoms with van der Waals surface area (Å²) in [5.41, 5.74) is 0.289. The van der Waals surface area contributed by atoms with Crippen LogP contribution in [0.1, 0.15) is 36.5 Å². The van der Waals surface area contributed by atoms with Crippen LogP contribution in [0.2, 0.25) is 0 Å². The first-order chi connectivity index (χ1) is 12.9. The molecule has 0 bridgehead atoms. The number of likely N-dealkylation sites (tertiary alicyclic amines) is 1. The molecule has 1 heterocycles. The van der Waals surface area contributed by atoms with Crippen LogP contribution < -0.4 is 14.8 Å². The topological polar surface area (TPSA) is 94.2 Å². The van der Waals surface area contributed by atoms with Gasteiger partial charge in [-0.15, -0.1) is 0 Å². The van der Waals surface area contributed by atoms with Gasteiger partial charge in [-0.05, 0) is 38.3 Å². The third-order valence-corrected chi connectivity index (χ3v) is 4.49. The van der Waals surface area contributed by atoms with Crippen LogP contribution in [0.3, 0.4) is 0 Å². The molecule has 1 fully saturated rings. The number of methoxy groups -OCH3 is 2. The van der Waals surface area contributed by atoms with Gasteiger partial charge < -0.3 is 24.4 Å². The molecule has 1 aliphatic heterocycles. The number of rotatable bonds is 7. The van der Waals surface area contributed by atoms with Gasteiger partial charge in [0.25, 0.3) is 11.8 Å². The highest BCUT2D eigenvalue weighted by molar-refractivity contribution is 5.96. The predicted molar refractivity (Wildman–Crippen MR) is 97.9 cm³/mol. The molecule has 2 rings (SSSR count). The van der Waals surface area contributed by atoms with Crippen molar-refractivity contribution in [3.05, 3.63) is 23.8 Å². The number of hydrogen-bond acceptors (Lipinski definition) is 6. The fourth-order valence-corrected chi connectivity index (χ4v) is 2.94. The highest BCUT2D eigenvalue weighted by Gasteiger charge is 2.24. The van der Waals surface area contributed by atoms with Crippen LogP contribution in [-0.4, -0.2) is 62.6 Å². The number of hydrogen-bond donors (Lipinski definition) is 1. The van der Waals surface area contributed by atoms with Gasteiger partial charge in [0.1, 0.15) is 18.0 Å². The summed E-state index contributed by atoms with van der Waals surface area (Å²) < 4.78 is 15.2. The van der Waals surface area contributed by atoms with Crippen molar-refractivity contribution in [3.63, 3.8) is 0 Å². The molecule has 0 unspecified atom stereocenters. The van der Waals surface area contributed by atoms with E-state index in [4.69, 9.17) is 14.2 Å². The molecule has 1 aromatic rings. The third kappa shape index (κ3) is 5.87. The summed E-state index contributed by atoms with van der Waals surface area (Å²) in [5.74, 6) is -0.428. The maximum atomic E-state index is 12.2. The number of nitrogens with zero attached hydrogens (tertiary/aromatic N) is 1. The Kier molecular flexibility index (Phi) is 7.45. The first-order valence-corrected chi connectivity index (χ1v) is 8.91. The standard InChI is InChI=1S/C19H26N2O6/c1-13-6-4-5-7-21(13)17(22)12-27-18(23)11-20-19(24)14-8-15(25-2)10-16(9-14)26-3/h8-10,13H,4-7,11-12H2,1-3H3,(H,20,24)/t13-/m0/s1. The van der Waals surface area contributed by atoms with Crippen molar-refractivity contribution in [2.24, 2.45) is 0 Å². The second-order valence-electron chi connectivity index (χ2n) is 6.38. The number of ether oxygens (including phenoxy) is 3. The van der Waals surface area contributed by atoms with Crippen molar-refractivity contribution in [1.29, 1.82) is 0 Å². The van der Waals surface area contributed by atoms with Crippen LogP contribution in [-0.2, 0) is 14.3 Å². The summed E-state index contributed by atoms with van der Waals surface area (Å²) >= 11 is 0. The molecule has 27 heavy (non-hydrogen) atoms. The van der Waals surface area contributed by atoms with Gasteiger partial charge in [-0.3, -0.25) is 14.4 Å². The zero-order valence-corrected chi connectivity index (χ0v) is 15.9. The second kappa shape index (κ2) is 9.80. The van der Waals surface area contributed by atoms with Crippen LogP contribution >= 0.6 is 0 Å². The molecule has 8 heteroatoms. The van der Waals surface area contributed by atoms with Crippen LogP contribution in [0.15, 0.2) is 18.2 Å². The fourth-order valence-electron chi connectivity index (χ4n) is 2.94. The molecule has 1 atom stereocenters. The number of esters is 1. The minimum atomic E-state index is -0.670. The van der Waals surface area contributed by atoms with E-state index in [1.807, 2.05) is 6.92 Å². The molecular weight excluding hydrogens is 352 g/mol. The number of carbonyl (C=O) groups excluding carboxylic acids is 3. The number of nitrogens with one attached hydrogen (secondary N) is 1. The molecule has 1 aliphatic rings. The summed E-state index contributed by atoms with van der Waals surface area (Å²) in [7, 11) is 2.96. The number of carbonyl (C=O) groups is 3. The van der Waals surface area contributed by atoms with Crippen LogP contribution in [0, 0.1) is 0 Å². The monoisotopic (exact) mass is 378 g/mol. The van der Waals surface area contributed by atoms with Crippen molar-refractivity contribution < 1.29 is 28.6 Å². The van der Waals surface area contributed by atoms with E-state index in [-0.39, 0.29) is 30.7 Å². The molecular formula is C19H26N2O6. The van der Waals surface area contributed by atoms with Crippen molar-refractivity contribution in [2.75, 3.05) is 33.9 Å². The van der Waals surface area contributed by atoms with Gasteiger partial charge >= 0.3 is 5.97 Å². The zero-order valence-electron chi connectivity index (χ0n) is 15.9. The van der Waals surface area contributed by atoms with Gasteiger partial charge in [0.2, 0.25) is 0 Å². The molecule has 1 aromatic carbocycles. The summed E-state index contributed by atoms with van der Waals surface area (Å²) in [6.45, 7) is 2.03. The van der Waals surface area contributed by atoms with Crippen LogP contribution in [0.5, 0.6) is 11.5 Å². The number of amides is 2. The molecule has 0 spiro atoms. The van der Waals surface area contributed by atoms with Crippen molar-refractivity contribution in [2.45, 2.75) is 32.2 Å². The predicted octanol–water partition coefficient (Wildman–Crippen LogP) is 1.38. The summed E-state index contributed by atoms with van der Waals surface area (Å²) in [6.07, 6.45) is 3.02. The average Bonchev–Trinajstić information content (AvgIpc) is 2.69. The van der Waals surface area contributed by atoms with Crippen molar-refractivity contribution in [1.82, 2.24) is 10.2 Å².